The quantitative estimate of drug-likeness (QED) is 0.776. The largest absolute Gasteiger partial charge is 0.379 e. The normalized spacial score (nSPS) is 22.7. The summed E-state index contributed by atoms with van der Waals surface area (Å²) in [5, 5.41) is 0.726. The molecule has 1 aliphatic rings. The maximum atomic E-state index is 5.55. The highest BCUT2D eigenvalue weighted by Crippen LogP contribution is 2.19. The summed E-state index contributed by atoms with van der Waals surface area (Å²) >= 11 is 3.32. The van der Waals surface area contributed by atoms with E-state index < -0.39 is 0 Å². The second kappa shape index (κ2) is 3.45. The van der Waals surface area contributed by atoms with Crippen LogP contribution in [0.4, 0.5) is 0 Å². The Morgan fingerprint density at radius 2 is 2.58 bits per heavy atom. The molecule has 0 amide bonds. The number of nitrogens with zero attached hydrogens (tertiary/aromatic N) is 2. The molecule has 0 spiro atoms. The summed E-state index contributed by atoms with van der Waals surface area (Å²) in [5.41, 5.74) is 7.41. The average molecular weight is 199 g/mol. The van der Waals surface area contributed by atoms with Crippen LogP contribution in [-0.2, 0) is 6.42 Å². The van der Waals surface area contributed by atoms with E-state index in [0.717, 1.165) is 17.3 Å². The van der Waals surface area contributed by atoms with Crippen LogP contribution in [0.5, 0.6) is 0 Å². The molecule has 3 nitrogen and oxygen atoms in total. The first-order valence-corrected chi connectivity index (χ1v) is 5.54. The molecule has 1 aliphatic heterocycles. The van der Waals surface area contributed by atoms with Gasteiger partial charge in [-0.1, -0.05) is 11.8 Å². The maximum Gasteiger partial charge on any atom is 0.154 e. The average Bonchev–Trinajstić information content (AvgIpc) is 2.63. The molecule has 0 fully saturated rings. The second-order valence-electron chi connectivity index (χ2n) is 2.60. The molecule has 0 bridgehead atoms. The summed E-state index contributed by atoms with van der Waals surface area (Å²) < 4.78 is 0. The standard InChI is InChI=1S/C7H9N3S2/c8-7-10-5(3-11-7)1-6-2-9-4-12-6/h2,4-5H,1,3H2,(H2,8,10). The van der Waals surface area contributed by atoms with E-state index in [1.165, 1.54) is 4.88 Å². The van der Waals surface area contributed by atoms with Gasteiger partial charge >= 0.3 is 0 Å². The summed E-state index contributed by atoms with van der Waals surface area (Å²) in [7, 11) is 0. The second-order valence-corrected chi connectivity index (χ2v) is 4.62. The van der Waals surface area contributed by atoms with Crippen molar-refractivity contribution in [1.82, 2.24) is 4.98 Å². The van der Waals surface area contributed by atoms with Gasteiger partial charge < -0.3 is 5.73 Å². The van der Waals surface area contributed by atoms with Crippen molar-refractivity contribution in [2.45, 2.75) is 12.5 Å². The zero-order valence-corrected chi connectivity index (χ0v) is 8.07. The van der Waals surface area contributed by atoms with Crippen molar-refractivity contribution in [3.8, 4) is 0 Å². The third-order valence-electron chi connectivity index (χ3n) is 1.65. The number of hydrogen-bond acceptors (Lipinski definition) is 5. The number of thioether (sulfide) groups is 1. The highest BCUT2D eigenvalue weighted by Gasteiger charge is 2.16. The van der Waals surface area contributed by atoms with Crippen LogP contribution in [0.25, 0.3) is 0 Å². The molecule has 1 aromatic rings. The van der Waals surface area contributed by atoms with Gasteiger partial charge in [-0.25, -0.2) is 0 Å². The van der Waals surface area contributed by atoms with Gasteiger partial charge in [0.1, 0.15) is 0 Å². The van der Waals surface area contributed by atoms with Gasteiger partial charge in [0.05, 0.1) is 11.6 Å². The minimum Gasteiger partial charge on any atom is -0.379 e. The van der Waals surface area contributed by atoms with Crippen LogP contribution in [0.3, 0.4) is 0 Å². The van der Waals surface area contributed by atoms with Crippen molar-refractivity contribution in [2.24, 2.45) is 10.7 Å². The van der Waals surface area contributed by atoms with Crippen molar-refractivity contribution in [2.75, 3.05) is 5.75 Å². The summed E-state index contributed by atoms with van der Waals surface area (Å²) in [6, 6.07) is 0.371. The Labute approximate surface area is 79.1 Å². The van der Waals surface area contributed by atoms with Crippen molar-refractivity contribution >= 4 is 28.3 Å². The van der Waals surface area contributed by atoms with E-state index in [0.29, 0.717) is 6.04 Å². The zero-order chi connectivity index (χ0) is 8.39. The van der Waals surface area contributed by atoms with Gasteiger partial charge in [-0.2, -0.15) is 0 Å². The third kappa shape index (κ3) is 1.78. The highest BCUT2D eigenvalue weighted by molar-refractivity contribution is 8.14. The molecule has 0 aromatic carbocycles. The van der Waals surface area contributed by atoms with Gasteiger partial charge in [0.15, 0.2) is 5.17 Å². The molecule has 2 heterocycles. The monoisotopic (exact) mass is 199 g/mol. The number of aromatic nitrogens is 1. The Bertz CT molecular complexity index is 281. The van der Waals surface area contributed by atoms with Crippen molar-refractivity contribution in [3.63, 3.8) is 0 Å². The molecule has 64 valence electrons. The summed E-state index contributed by atoms with van der Waals surface area (Å²) in [4.78, 5) is 9.61. The van der Waals surface area contributed by atoms with E-state index in [4.69, 9.17) is 5.73 Å². The fourth-order valence-electron chi connectivity index (χ4n) is 1.12. The summed E-state index contributed by atoms with van der Waals surface area (Å²) in [5.74, 6) is 1.02. The lowest BCUT2D eigenvalue weighted by Gasteiger charge is -2.00. The molecule has 12 heavy (non-hydrogen) atoms. The fraction of sp³-hybridized carbons (Fsp3) is 0.429. The first kappa shape index (κ1) is 8.07. The van der Waals surface area contributed by atoms with Crippen LogP contribution in [0.2, 0.25) is 0 Å². The molecule has 1 atom stereocenters. The fourth-order valence-corrected chi connectivity index (χ4v) is 2.56. The van der Waals surface area contributed by atoms with E-state index in [-0.39, 0.29) is 0 Å². The Balaban J connectivity index is 1.97. The van der Waals surface area contributed by atoms with Crippen LogP contribution >= 0.6 is 23.1 Å². The minimum atomic E-state index is 0.371. The van der Waals surface area contributed by atoms with E-state index in [2.05, 4.69) is 9.98 Å². The van der Waals surface area contributed by atoms with Crippen molar-refractivity contribution in [3.05, 3.63) is 16.6 Å². The molecule has 2 rings (SSSR count). The highest BCUT2D eigenvalue weighted by atomic mass is 32.2. The minimum absolute atomic E-state index is 0.371. The maximum absolute atomic E-state index is 5.55. The lowest BCUT2D eigenvalue weighted by Crippen LogP contribution is -2.07. The SMILES string of the molecule is NC1=NC(Cc2cncs2)CS1. The van der Waals surface area contributed by atoms with Gasteiger partial charge in [-0.05, 0) is 0 Å². The van der Waals surface area contributed by atoms with E-state index >= 15 is 0 Å². The van der Waals surface area contributed by atoms with Gasteiger partial charge in [0.2, 0.25) is 0 Å². The molecule has 0 radical (unpaired) electrons. The Kier molecular flexibility index (Phi) is 2.32. The van der Waals surface area contributed by atoms with Crippen LogP contribution < -0.4 is 5.73 Å². The molecular formula is C7H9N3S2. The number of nitrogens with two attached hydrogens (primary N) is 1. The van der Waals surface area contributed by atoms with Gasteiger partial charge in [-0.3, -0.25) is 9.98 Å². The number of thiazole rings is 1. The van der Waals surface area contributed by atoms with Crippen LogP contribution in [0.1, 0.15) is 4.88 Å². The van der Waals surface area contributed by atoms with Gasteiger partial charge in [0.25, 0.3) is 0 Å². The topological polar surface area (TPSA) is 51.3 Å². The van der Waals surface area contributed by atoms with E-state index in [1.807, 2.05) is 11.7 Å². The molecule has 0 aliphatic carbocycles. The van der Waals surface area contributed by atoms with Crippen molar-refractivity contribution in [1.29, 1.82) is 0 Å². The molecule has 1 aromatic heterocycles. The van der Waals surface area contributed by atoms with Gasteiger partial charge in [0, 0.05) is 23.2 Å². The Hall–Kier alpha value is -0.550. The molecule has 1 unspecified atom stereocenters. The smallest absolute Gasteiger partial charge is 0.154 e. The lowest BCUT2D eigenvalue weighted by atomic mass is 10.2. The first-order chi connectivity index (χ1) is 5.84. The Morgan fingerprint density at radius 3 is 3.17 bits per heavy atom. The van der Waals surface area contributed by atoms with Gasteiger partial charge in [-0.15, -0.1) is 11.3 Å². The van der Waals surface area contributed by atoms with E-state index in [9.17, 15) is 0 Å². The Morgan fingerprint density at radius 1 is 1.67 bits per heavy atom. The first-order valence-electron chi connectivity index (χ1n) is 3.68. The summed E-state index contributed by atoms with van der Waals surface area (Å²) in [6.45, 7) is 0. The number of amidine groups is 1. The van der Waals surface area contributed by atoms with Crippen LogP contribution in [-0.4, -0.2) is 21.9 Å². The van der Waals surface area contributed by atoms with Crippen LogP contribution in [0, 0.1) is 0 Å². The molecule has 0 saturated heterocycles. The molecular weight excluding hydrogens is 190 g/mol. The summed E-state index contributed by atoms with van der Waals surface area (Å²) in [6.07, 6.45) is 2.89. The number of rotatable bonds is 2. The number of aliphatic imine (C=N–C) groups is 1. The molecule has 5 heteroatoms. The predicted molar refractivity (Wildman–Crippen MR) is 53.7 cm³/mol. The lowest BCUT2D eigenvalue weighted by molar-refractivity contribution is 0.770. The van der Waals surface area contributed by atoms with Crippen molar-refractivity contribution < 1.29 is 0 Å². The molecule has 2 N–H and O–H groups in total. The zero-order valence-electron chi connectivity index (χ0n) is 6.43. The molecule has 0 saturated carbocycles. The van der Waals surface area contributed by atoms with Crippen LogP contribution in [0.15, 0.2) is 16.7 Å². The number of hydrogen-bond donors (Lipinski definition) is 1. The third-order valence-corrected chi connectivity index (χ3v) is 3.41. The van der Waals surface area contributed by atoms with E-state index in [1.54, 1.807) is 23.1 Å². The predicted octanol–water partition coefficient (Wildman–Crippen LogP) is 1.12.